The topological polar surface area (TPSA) is 143 Å². The van der Waals surface area contributed by atoms with Gasteiger partial charge in [0.2, 0.25) is 11.6 Å². The number of ketones is 4. The van der Waals surface area contributed by atoms with Gasteiger partial charge in [0, 0.05) is 0 Å². The van der Waals surface area contributed by atoms with E-state index in [2.05, 4.69) is 0 Å². The van der Waals surface area contributed by atoms with Crippen LogP contribution >= 0.6 is 0 Å². The lowest BCUT2D eigenvalue weighted by atomic mass is 10.0. The Morgan fingerprint density at radius 1 is 0.679 bits per heavy atom. The van der Waals surface area contributed by atoms with Gasteiger partial charge in [-0.15, -0.1) is 0 Å². The van der Waals surface area contributed by atoms with Crippen molar-refractivity contribution in [1.82, 2.24) is 0 Å². The van der Waals surface area contributed by atoms with Crippen LogP contribution in [0.1, 0.15) is 13.8 Å². The summed E-state index contributed by atoms with van der Waals surface area (Å²) in [6, 6.07) is 5.07. The van der Waals surface area contributed by atoms with Gasteiger partial charge in [-0.3, -0.25) is 38.4 Å². The zero-order valence-electron chi connectivity index (χ0n) is 14.6. The van der Waals surface area contributed by atoms with Gasteiger partial charge in [0.1, 0.15) is 11.6 Å². The molecule has 0 aliphatic carbocycles. The molecule has 2 fully saturated rings. The van der Waals surface area contributed by atoms with Crippen LogP contribution in [-0.4, -0.2) is 46.8 Å². The number of imide groups is 2. The number of anilines is 2. The van der Waals surface area contributed by atoms with Gasteiger partial charge in [-0.25, -0.2) is 9.80 Å². The lowest BCUT2D eigenvalue weighted by Gasteiger charge is -2.22. The Balaban J connectivity index is 2.14. The minimum Gasteiger partial charge on any atom is -0.299 e. The molecule has 10 heteroatoms. The van der Waals surface area contributed by atoms with Crippen LogP contribution in [-0.2, 0) is 38.4 Å². The fourth-order valence-corrected chi connectivity index (χ4v) is 3.17. The van der Waals surface area contributed by atoms with Crippen LogP contribution in [0.4, 0.5) is 11.4 Å². The Hall–Kier alpha value is -3.82. The average Bonchev–Trinajstić information content (AvgIpc) is 2.97. The van der Waals surface area contributed by atoms with Crippen LogP contribution in [0.25, 0.3) is 0 Å². The summed E-state index contributed by atoms with van der Waals surface area (Å²) in [4.78, 5) is 97.5. The predicted octanol–water partition coefficient (Wildman–Crippen LogP) is -1.02. The van der Waals surface area contributed by atoms with Gasteiger partial charge in [-0.05, 0) is 26.0 Å². The van der Waals surface area contributed by atoms with E-state index in [1.165, 1.54) is 24.3 Å². The van der Waals surface area contributed by atoms with Crippen molar-refractivity contribution in [1.29, 1.82) is 0 Å². The molecule has 0 bridgehead atoms. The first-order valence-electron chi connectivity index (χ1n) is 8.03. The summed E-state index contributed by atoms with van der Waals surface area (Å²) in [5.74, 6) is -12.6. The molecule has 142 valence electrons. The number of carbonyl (C=O) groups is 8. The van der Waals surface area contributed by atoms with Crippen LogP contribution in [0.2, 0.25) is 0 Å². The van der Waals surface area contributed by atoms with Gasteiger partial charge < -0.3 is 0 Å². The maximum Gasteiger partial charge on any atom is 0.302 e. The van der Waals surface area contributed by atoms with E-state index in [-0.39, 0.29) is 11.4 Å². The van der Waals surface area contributed by atoms with E-state index < -0.39 is 58.6 Å². The Morgan fingerprint density at radius 2 is 1.00 bits per heavy atom. The predicted molar refractivity (Wildman–Crippen MR) is 89.8 cm³/mol. The smallest absolute Gasteiger partial charge is 0.299 e. The average molecular weight is 384 g/mol. The number of para-hydroxylation sites is 2. The molecule has 28 heavy (non-hydrogen) atoms. The monoisotopic (exact) mass is 384 g/mol. The van der Waals surface area contributed by atoms with Crippen molar-refractivity contribution < 1.29 is 38.4 Å². The lowest BCUT2D eigenvalue weighted by molar-refractivity contribution is -0.140. The summed E-state index contributed by atoms with van der Waals surface area (Å²) in [5, 5.41) is 0. The molecule has 2 saturated heterocycles. The Kier molecular flexibility index (Phi) is 4.34. The highest BCUT2D eigenvalue weighted by molar-refractivity contribution is 6.61. The molecule has 0 spiro atoms. The minimum atomic E-state index is -1.81. The zero-order valence-corrected chi connectivity index (χ0v) is 14.6. The van der Waals surface area contributed by atoms with E-state index >= 15 is 0 Å². The van der Waals surface area contributed by atoms with Gasteiger partial charge in [0.15, 0.2) is 11.8 Å². The first kappa shape index (κ1) is 19.0. The summed E-state index contributed by atoms with van der Waals surface area (Å²) in [7, 11) is 0. The SMILES string of the molecule is CC(=O)[C@H]1C(=O)C(=O)N(c2ccccc2N2C(=O)C(=O)[C@H](C(C)=O)C2=O)C1=O. The summed E-state index contributed by atoms with van der Waals surface area (Å²) in [5.41, 5.74) is -0.651. The van der Waals surface area contributed by atoms with Crippen LogP contribution < -0.4 is 9.80 Å². The first-order chi connectivity index (χ1) is 13.1. The molecule has 0 saturated carbocycles. The van der Waals surface area contributed by atoms with E-state index in [0.717, 1.165) is 13.8 Å². The molecule has 1 aromatic carbocycles. The minimum absolute atomic E-state index is 0.326. The van der Waals surface area contributed by atoms with Crippen molar-refractivity contribution in [2.24, 2.45) is 11.8 Å². The Morgan fingerprint density at radius 3 is 1.25 bits per heavy atom. The van der Waals surface area contributed by atoms with Gasteiger partial charge in [-0.1, -0.05) is 12.1 Å². The largest absolute Gasteiger partial charge is 0.302 e. The van der Waals surface area contributed by atoms with Crippen molar-refractivity contribution in [3.8, 4) is 0 Å². The first-order valence-corrected chi connectivity index (χ1v) is 8.03. The van der Waals surface area contributed by atoms with Crippen molar-refractivity contribution in [3.63, 3.8) is 0 Å². The van der Waals surface area contributed by atoms with Crippen LogP contribution in [0, 0.1) is 11.8 Å². The zero-order chi connectivity index (χ0) is 20.9. The molecular weight excluding hydrogens is 372 g/mol. The molecule has 0 radical (unpaired) electrons. The molecule has 4 amide bonds. The van der Waals surface area contributed by atoms with Gasteiger partial charge in [0.25, 0.3) is 11.8 Å². The number of rotatable bonds is 4. The van der Waals surface area contributed by atoms with Gasteiger partial charge in [-0.2, -0.15) is 0 Å². The number of benzene rings is 1. The fraction of sp³-hybridized carbons (Fsp3) is 0.222. The number of hydrogen-bond acceptors (Lipinski definition) is 8. The highest BCUT2D eigenvalue weighted by Gasteiger charge is 2.54. The lowest BCUT2D eigenvalue weighted by Crippen LogP contribution is -2.37. The molecule has 1 aromatic rings. The molecule has 0 unspecified atom stereocenters. The van der Waals surface area contributed by atoms with Crippen molar-refractivity contribution in [2.75, 3.05) is 9.80 Å². The molecule has 10 nitrogen and oxygen atoms in total. The number of carbonyl (C=O) groups excluding carboxylic acids is 8. The third kappa shape index (κ3) is 2.49. The molecular formula is C18H12N2O8. The van der Waals surface area contributed by atoms with Crippen LogP contribution in [0.15, 0.2) is 24.3 Å². The van der Waals surface area contributed by atoms with E-state index in [1.54, 1.807) is 0 Å². The number of hydrogen-bond donors (Lipinski definition) is 0. The summed E-state index contributed by atoms with van der Waals surface area (Å²) in [6.07, 6.45) is 0. The second-order valence-electron chi connectivity index (χ2n) is 6.26. The third-order valence-corrected chi connectivity index (χ3v) is 4.46. The van der Waals surface area contributed by atoms with Crippen molar-refractivity contribution >= 4 is 58.1 Å². The van der Waals surface area contributed by atoms with Gasteiger partial charge >= 0.3 is 11.8 Å². The number of Topliss-reactive ketones (excluding diaryl/α,β-unsaturated/α-hetero) is 4. The van der Waals surface area contributed by atoms with Gasteiger partial charge in [0.05, 0.1) is 11.4 Å². The highest BCUT2D eigenvalue weighted by atomic mass is 16.2. The van der Waals surface area contributed by atoms with E-state index in [0.29, 0.717) is 9.80 Å². The standard InChI is InChI=1S/C18H12N2O8/c1-7(21)11-13(23)17(27)19(15(11)25)9-5-3-4-6-10(9)20-16(26)12(8(2)22)14(24)18(20)28/h3-6,11-12H,1-2H3/t11-,12-/m0/s1. The molecule has 2 heterocycles. The summed E-state index contributed by atoms with van der Waals surface area (Å²) >= 11 is 0. The Labute approximate surface area is 157 Å². The molecule has 0 N–H and O–H groups in total. The Bertz CT molecular complexity index is 943. The number of nitrogens with zero attached hydrogens (tertiary/aromatic N) is 2. The summed E-state index contributed by atoms with van der Waals surface area (Å²) < 4.78 is 0. The maximum atomic E-state index is 12.5. The van der Waals surface area contributed by atoms with E-state index in [9.17, 15) is 38.4 Å². The normalized spacial score (nSPS) is 22.5. The van der Waals surface area contributed by atoms with Crippen LogP contribution in [0.5, 0.6) is 0 Å². The van der Waals surface area contributed by atoms with E-state index in [4.69, 9.17) is 0 Å². The third-order valence-electron chi connectivity index (χ3n) is 4.46. The highest BCUT2D eigenvalue weighted by Crippen LogP contribution is 2.36. The molecule has 2 atom stereocenters. The van der Waals surface area contributed by atoms with Crippen molar-refractivity contribution in [2.45, 2.75) is 13.8 Å². The molecule has 3 rings (SSSR count). The maximum absolute atomic E-state index is 12.5. The molecule has 2 aliphatic rings. The second kappa shape index (κ2) is 6.41. The molecule has 2 aliphatic heterocycles. The summed E-state index contributed by atoms with van der Waals surface area (Å²) in [6.45, 7) is 1.96. The van der Waals surface area contributed by atoms with Crippen molar-refractivity contribution in [3.05, 3.63) is 24.3 Å². The fourth-order valence-electron chi connectivity index (χ4n) is 3.17. The van der Waals surface area contributed by atoms with Crippen LogP contribution in [0.3, 0.4) is 0 Å². The van der Waals surface area contributed by atoms with E-state index in [1.807, 2.05) is 0 Å². The quantitative estimate of drug-likeness (QED) is 0.365. The second-order valence-corrected chi connectivity index (χ2v) is 6.26. The number of amides is 4. The molecule has 0 aromatic heterocycles.